The highest BCUT2D eigenvalue weighted by Crippen LogP contribution is 2.31. The van der Waals surface area contributed by atoms with Gasteiger partial charge in [0.2, 0.25) is 0 Å². The van der Waals surface area contributed by atoms with E-state index in [1.54, 1.807) is 0 Å². The predicted octanol–water partition coefficient (Wildman–Crippen LogP) is 3.46. The van der Waals surface area contributed by atoms with Gasteiger partial charge in [-0.2, -0.15) is 0 Å². The van der Waals surface area contributed by atoms with Crippen molar-refractivity contribution in [2.45, 2.75) is 13.3 Å². The van der Waals surface area contributed by atoms with Gasteiger partial charge in [0.05, 0.1) is 6.26 Å². The van der Waals surface area contributed by atoms with Crippen LogP contribution in [0.2, 0.25) is 0 Å². The SMILES string of the molecule is Cc1ccc2coc(C3=CCN(C)CC3)c2c1. The minimum atomic E-state index is 1.02. The molecule has 0 unspecified atom stereocenters. The van der Waals surface area contributed by atoms with E-state index in [1.165, 1.54) is 21.9 Å². The van der Waals surface area contributed by atoms with Gasteiger partial charge in [-0.25, -0.2) is 0 Å². The number of nitrogens with zero attached hydrogens (tertiary/aromatic N) is 1. The second-order valence-corrected chi connectivity index (χ2v) is 4.90. The third-order valence-corrected chi connectivity index (χ3v) is 3.46. The molecule has 0 bridgehead atoms. The fourth-order valence-corrected chi connectivity index (χ4v) is 2.38. The van der Waals surface area contributed by atoms with Crippen LogP contribution >= 0.6 is 0 Å². The fraction of sp³-hybridized carbons (Fsp3) is 0.333. The van der Waals surface area contributed by atoms with Crippen LogP contribution in [-0.4, -0.2) is 25.0 Å². The van der Waals surface area contributed by atoms with E-state index in [0.29, 0.717) is 0 Å². The van der Waals surface area contributed by atoms with E-state index in [2.05, 4.69) is 43.1 Å². The Balaban J connectivity index is 2.08. The third kappa shape index (κ3) is 1.89. The summed E-state index contributed by atoms with van der Waals surface area (Å²) in [7, 11) is 2.15. The Morgan fingerprint density at radius 1 is 1.29 bits per heavy atom. The Hall–Kier alpha value is -1.54. The monoisotopic (exact) mass is 227 g/mol. The lowest BCUT2D eigenvalue weighted by molar-refractivity contribution is 0.367. The standard InChI is InChI=1S/C15H17NO/c1-11-3-4-13-10-17-15(14(13)9-11)12-5-7-16(2)8-6-12/h3-5,9-10H,6-8H2,1-2H3. The smallest absolute Gasteiger partial charge is 0.137 e. The Bertz CT molecular complexity index is 580. The van der Waals surface area contributed by atoms with Crippen molar-refractivity contribution in [3.63, 3.8) is 0 Å². The van der Waals surface area contributed by atoms with Crippen molar-refractivity contribution in [1.82, 2.24) is 4.90 Å². The zero-order valence-corrected chi connectivity index (χ0v) is 10.4. The lowest BCUT2D eigenvalue weighted by atomic mass is 10.0. The van der Waals surface area contributed by atoms with Crippen molar-refractivity contribution in [3.8, 4) is 0 Å². The van der Waals surface area contributed by atoms with Gasteiger partial charge in [-0.1, -0.05) is 23.8 Å². The van der Waals surface area contributed by atoms with Crippen LogP contribution < -0.4 is 0 Å². The Morgan fingerprint density at radius 2 is 2.18 bits per heavy atom. The van der Waals surface area contributed by atoms with Crippen LogP contribution in [0.5, 0.6) is 0 Å². The molecular formula is C15H17NO. The second-order valence-electron chi connectivity index (χ2n) is 4.90. The number of hydrogen-bond acceptors (Lipinski definition) is 2. The highest BCUT2D eigenvalue weighted by molar-refractivity contribution is 5.92. The van der Waals surface area contributed by atoms with Crippen molar-refractivity contribution in [1.29, 1.82) is 0 Å². The first kappa shape index (κ1) is 10.6. The molecule has 3 rings (SSSR count). The topological polar surface area (TPSA) is 16.4 Å². The maximum Gasteiger partial charge on any atom is 0.137 e. The van der Waals surface area contributed by atoms with Gasteiger partial charge in [0, 0.05) is 23.9 Å². The summed E-state index contributed by atoms with van der Waals surface area (Å²) in [5, 5.41) is 2.45. The molecule has 2 heterocycles. The minimum Gasteiger partial charge on any atom is -0.463 e. The highest BCUT2D eigenvalue weighted by Gasteiger charge is 2.15. The van der Waals surface area contributed by atoms with Crippen LogP contribution in [0.15, 0.2) is 35.0 Å². The largest absolute Gasteiger partial charge is 0.463 e. The predicted molar refractivity (Wildman–Crippen MR) is 71.0 cm³/mol. The zero-order valence-electron chi connectivity index (χ0n) is 10.4. The number of likely N-dealkylation sites (N-methyl/N-ethyl adjacent to an activating group) is 1. The average molecular weight is 227 g/mol. The molecule has 17 heavy (non-hydrogen) atoms. The molecule has 1 aromatic heterocycles. The lowest BCUT2D eigenvalue weighted by Gasteiger charge is -2.20. The number of hydrogen-bond donors (Lipinski definition) is 0. The summed E-state index contributed by atoms with van der Waals surface area (Å²) in [6.45, 7) is 4.25. The molecule has 1 aliphatic rings. The molecule has 0 saturated heterocycles. The fourth-order valence-electron chi connectivity index (χ4n) is 2.38. The van der Waals surface area contributed by atoms with Gasteiger partial charge in [-0.15, -0.1) is 0 Å². The van der Waals surface area contributed by atoms with Crippen molar-refractivity contribution < 1.29 is 4.42 Å². The second kappa shape index (κ2) is 4.04. The quantitative estimate of drug-likeness (QED) is 0.741. The zero-order chi connectivity index (χ0) is 11.8. The third-order valence-electron chi connectivity index (χ3n) is 3.46. The van der Waals surface area contributed by atoms with Crippen LogP contribution in [0.3, 0.4) is 0 Å². The summed E-state index contributed by atoms with van der Waals surface area (Å²) in [5.74, 6) is 1.07. The molecular weight excluding hydrogens is 210 g/mol. The number of benzene rings is 1. The number of aryl methyl sites for hydroxylation is 1. The number of fused-ring (bicyclic) bond motifs is 1. The molecule has 0 fully saturated rings. The lowest BCUT2D eigenvalue weighted by Crippen LogP contribution is -2.23. The Labute approximate surface area is 102 Å². The number of rotatable bonds is 1. The normalized spacial score (nSPS) is 17.4. The molecule has 0 saturated carbocycles. The molecule has 0 aliphatic carbocycles. The molecule has 0 amide bonds. The minimum absolute atomic E-state index is 1.02. The average Bonchev–Trinajstić information content (AvgIpc) is 2.73. The van der Waals surface area contributed by atoms with Crippen LogP contribution in [0, 0.1) is 6.92 Å². The Kier molecular flexibility index (Phi) is 2.52. The molecule has 1 aromatic carbocycles. The maximum atomic E-state index is 5.76. The maximum absolute atomic E-state index is 5.76. The molecule has 0 atom stereocenters. The van der Waals surface area contributed by atoms with Crippen LogP contribution in [0.1, 0.15) is 17.7 Å². The highest BCUT2D eigenvalue weighted by atomic mass is 16.3. The van der Waals surface area contributed by atoms with Crippen molar-refractivity contribution in [2.24, 2.45) is 0 Å². The molecule has 2 aromatic rings. The molecule has 88 valence electrons. The van der Waals surface area contributed by atoms with E-state index in [4.69, 9.17) is 4.42 Å². The summed E-state index contributed by atoms with van der Waals surface area (Å²) in [4.78, 5) is 2.32. The van der Waals surface area contributed by atoms with Gasteiger partial charge in [0.1, 0.15) is 5.76 Å². The number of furan rings is 1. The van der Waals surface area contributed by atoms with E-state index in [0.717, 1.165) is 25.3 Å². The summed E-state index contributed by atoms with van der Waals surface area (Å²) < 4.78 is 5.76. The van der Waals surface area contributed by atoms with Crippen LogP contribution in [-0.2, 0) is 0 Å². The van der Waals surface area contributed by atoms with Gasteiger partial charge < -0.3 is 9.32 Å². The summed E-state index contributed by atoms with van der Waals surface area (Å²) in [6.07, 6.45) is 5.22. The molecule has 2 nitrogen and oxygen atoms in total. The van der Waals surface area contributed by atoms with Gasteiger partial charge in [-0.3, -0.25) is 0 Å². The first-order valence-corrected chi connectivity index (χ1v) is 6.10. The van der Waals surface area contributed by atoms with Gasteiger partial charge in [0.25, 0.3) is 0 Å². The van der Waals surface area contributed by atoms with E-state index in [-0.39, 0.29) is 0 Å². The van der Waals surface area contributed by atoms with Gasteiger partial charge in [0.15, 0.2) is 0 Å². The summed E-state index contributed by atoms with van der Waals surface area (Å²) in [6, 6.07) is 6.48. The van der Waals surface area contributed by atoms with E-state index < -0.39 is 0 Å². The van der Waals surface area contributed by atoms with E-state index in [9.17, 15) is 0 Å². The Morgan fingerprint density at radius 3 is 2.94 bits per heavy atom. The van der Waals surface area contributed by atoms with Crippen LogP contribution in [0.25, 0.3) is 16.3 Å². The molecule has 2 heteroatoms. The molecule has 1 aliphatic heterocycles. The van der Waals surface area contributed by atoms with E-state index >= 15 is 0 Å². The summed E-state index contributed by atoms with van der Waals surface area (Å²) in [5.41, 5.74) is 2.64. The molecule has 0 N–H and O–H groups in total. The molecule has 0 spiro atoms. The van der Waals surface area contributed by atoms with Crippen molar-refractivity contribution >= 4 is 16.3 Å². The van der Waals surface area contributed by atoms with Gasteiger partial charge in [-0.05, 0) is 32.0 Å². The summed E-state index contributed by atoms with van der Waals surface area (Å²) >= 11 is 0. The van der Waals surface area contributed by atoms with Crippen molar-refractivity contribution in [2.75, 3.05) is 20.1 Å². The first-order valence-electron chi connectivity index (χ1n) is 6.10. The van der Waals surface area contributed by atoms with E-state index in [1.807, 2.05) is 6.26 Å². The van der Waals surface area contributed by atoms with Crippen LogP contribution in [0.4, 0.5) is 0 Å². The molecule has 0 radical (unpaired) electrons. The first-order chi connectivity index (χ1) is 8.24. The van der Waals surface area contributed by atoms with Crippen molar-refractivity contribution in [3.05, 3.63) is 41.9 Å². The van der Waals surface area contributed by atoms with Gasteiger partial charge >= 0.3 is 0 Å².